The summed E-state index contributed by atoms with van der Waals surface area (Å²) in [6.45, 7) is 5.73. The minimum Gasteiger partial charge on any atom is -0.480 e. The zero-order chi connectivity index (χ0) is 14.3. The van der Waals surface area contributed by atoms with Crippen LogP contribution in [0, 0.1) is 5.92 Å². The number of methoxy groups -OCH3 is 1. The number of likely N-dealkylation sites (tertiary alicyclic amines) is 1. The number of unbranched alkanes of at least 4 members (excludes halogenated alkanes) is 1. The molecular formula is C14H28N2O3. The van der Waals surface area contributed by atoms with Gasteiger partial charge in [0.15, 0.2) is 0 Å². The normalized spacial score (nSPS) is 24.1. The maximum atomic E-state index is 10.9. The molecule has 1 saturated heterocycles. The van der Waals surface area contributed by atoms with Gasteiger partial charge in [-0.25, -0.2) is 0 Å². The van der Waals surface area contributed by atoms with Gasteiger partial charge in [-0.3, -0.25) is 4.79 Å². The lowest BCUT2D eigenvalue weighted by Crippen LogP contribution is -2.44. The quantitative estimate of drug-likeness (QED) is 0.652. The zero-order valence-corrected chi connectivity index (χ0v) is 12.2. The molecule has 0 aromatic rings. The molecule has 5 heteroatoms. The van der Waals surface area contributed by atoms with Gasteiger partial charge in [0.1, 0.15) is 5.54 Å². The summed E-state index contributed by atoms with van der Waals surface area (Å²) in [6.07, 6.45) is 4.91. The number of nitrogens with two attached hydrogens (primary N) is 1. The van der Waals surface area contributed by atoms with Gasteiger partial charge in [-0.2, -0.15) is 0 Å². The van der Waals surface area contributed by atoms with Crippen molar-refractivity contribution in [3.8, 4) is 0 Å². The zero-order valence-electron chi connectivity index (χ0n) is 12.2. The first-order chi connectivity index (χ1) is 8.95. The number of carbonyl (C=O) groups is 1. The van der Waals surface area contributed by atoms with Crippen molar-refractivity contribution in [1.82, 2.24) is 4.90 Å². The molecule has 0 amide bonds. The second-order valence-electron chi connectivity index (χ2n) is 5.94. The molecule has 1 aliphatic heterocycles. The first-order valence-corrected chi connectivity index (χ1v) is 7.19. The molecule has 112 valence electrons. The number of hydrogen-bond acceptors (Lipinski definition) is 4. The van der Waals surface area contributed by atoms with E-state index in [2.05, 4.69) is 4.90 Å². The lowest BCUT2D eigenvalue weighted by atomic mass is 9.95. The van der Waals surface area contributed by atoms with E-state index in [1.807, 2.05) is 0 Å². The standard InChI is InChI=1S/C14H28N2O3/c1-14(15,13(17)18)7-3-4-8-16-9-5-6-12(10-16)11-19-2/h12H,3-11,15H2,1-2H3,(H,17,18). The van der Waals surface area contributed by atoms with Gasteiger partial charge in [-0.15, -0.1) is 0 Å². The molecule has 19 heavy (non-hydrogen) atoms. The molecular weight excluding hydrogens is 244 g/mol. The van der Waals surface area contributed by atoms with Crippen molar-refractivity contribution in [2.24, 2.45) is 11.7 Å². The predicted octanol–water partition coefficient (Wildman–Crippen LogP) is 1.32. The Labute approximate surface area is 116 Å². The smallest absolute Gasteiger partial charge is 0.323 e. The predicted molar refractivity (Wildman–Crippen MR) is 75.1 cm³/mol. The number of carboxylic acids is 1. The SMILES string of the molecule is COCC1CCCN(CCCCC(C)(N)C(=O)O)C1. The van der Waals surface area contributed by atoms with E-state index in [0.717, 1.165) is 39.1 Å². The highest BCUT2D eigenvalue weighted by atomic mass is 16.5. The van der Waals surface area contributed by atoms with Gasteiger partial charge in [0.25, 0.3) is 0 Å². The fourth-order valence-electron chi connectivity index (χ4n) is 2.66. The third kappa shape index (κ3) is 5.89. The molecule has 2 atom stereocenters. The number of piperidine rings is 1. The molecule has 0 bridgehead atoms. The van der Waals surface area contributed by atoms with Gasteiger partial charge in [-0.1, -0.05) is 0 Å². The molecule has 0 aliphatic carbocycles. The van der Waals surface area contributed by atoms with Crippen molar-refractivity contribution >= 4 is 5.97 Å². The minimum atomic E-state index is -1.08. The van der Waals surface area contributed by atoms with Crippen LogP contribution in [0.25, 0.3) is 0 Å². The van der Waals surface area contributed by atoms with Crippen molar-refractivity contribution in [2.45, 2.75) is 44.6 Å². The van der Waals surface area contributed by atoms with Gasteiger partial charge < -0.3 is 20.5 Å². The number of rotatable bonds is 8. The van der Waals surface area contributed by atoms with Crippen molar-refractivity contribution in [2.75, 3.05) is 33.4 Å². The first kappa shape index (κ1) is 16.4. The fourth-order valence-corrected chi connectivity index (χ4v) is 2.66. The molecule has 1 heterocycles. The van der Waals surface area contributed by atoms with E-state index in [0.29, 0.717) is 12.3 Å². The third-order valence-electron chi connectivity index (χ3n) is 3.91. The largest absolute Gasteiger partial charge is 0.480 e. The van der Waals surface area contributed by atoms with E-state index in [9.17, 15) is 4.79 Å². The Balaban J connectivity index is 2.17. The molecule has 0 saturated carbocycles. The summed E-state index contributed by atoms with van der Waals surface area (Å²) in [5, 5.41) is 8.93. The Kier molecular flexibility index (Phi) is 6.75. The average Bonchev–Trinajstić information content (AvgIpc) is 2.35. The van der Waals surface area contributed by atoms with E-state index in [1.165, 1.54) is 12.8 Å². The summed E-state index contributed by atoms with van der Waals surface area (Å²) >= 11 is 0. The van der Waals surface area contributed by atoms with Crippen LogP contribution in [0.1, 0.15) is 39.0 Å². The minimum absolute atomic E-state index is 0.539. The molecule has 0 radical (unpaired) electrons. The van der Waals surface area contributed by atoms with Crippen LogP contribution in [0.2, 0.25) is 0 Å². The highest BCUT2D eigenvalue weighted by Crippen LogP contribution is 2.18. The van der Waals surface area contributed by atoms with E-state index in [4.69, 9.17) is 15.6 Å². The summed E-state index contributed by atoms with van der Waals surface area (Å²) in [6, 6.07) is 0. The van der Waals surface area contributed by atoms with Crippen molar-refractivity contribution < 1.29 is 14.6 Å². The van der Waals surface area contributed by atoms with E-state index >= 15 is 0 Å². The maximum absolute atomic E-state index is 10.9. The summed E-state index contributed by atoms with van der Waals surface area (Å²) < 4.78 is 5.22. The molecule has 0 aromatic heterocycles. The second-order valence-corrected chi connectivity index (χ2v) is 5.94. The first-order valence-electron chi connectivity index (χ1n) is 7.19. The van der Waals surface area contributed by atoms with Gasteiger partial charge in [0.2, 0.25) is 0 Å². The Bertz CT molecular complexity index is 280. The monoisotopic (exact) mass is 272 g/mol. The Morgan fingerprint density at radius 3 is 2.89 bits per heavy atom. The van der Waals surface area contributed by atoms with Crippen LogP contribution in [-0.2, 0) is 9.53 Å². The Morgan fingerprint density at radius 1 is 1.53 bits per heavy atom. The average molecular weight is 272 g/mol. The lowest BCUT2D eigenvalue weighted by Gasteiger charge is -2.32. The van der Waals surface area contributed by atoms with Crippen LogP contribution >= 0.6 is 0 Å². The highest BCUT2D eigenvalue weighted by molar-refractivity contribution is 5.77. The molecule has 0 spiro atoms. The fraction of sp³-hybridized carbons (Fsp3) is 0.929. The van der Waals surface area contributed by atoms with E-state index in [-0.39, 0.29) is 0 Å². The molecule has 1 rings (SSSR count). The summed E-state index contributed by atoms with van der Waals surface area (Å²) in [5.41, 5.74) is 4.63. The Morgan fingerprint density at radius 2 is 2.26 bits per heavy atom. The van der Waals surface area contributed by atoms with Crippen LogP contribution in [0.15, 0.2) is 0 Å². The molecule has 1 fully saturated rings. The van der Waals surface area contributed by atoms with E-state index < -0.39 is 11.5 Å². The topological polar surface area (TPSA) is 75.8 Å². The van der Waals surface area contributed by atoms with Crippen LogP contribution in [0.3, 0.4) is 0 Å². The summed E-state index contributed by atoms with van der Waals surface area (Å²) in [4.78, 5) is 13.3. The number of ether oxygens (including phenoxy) is 1. The second kappa shape index (κ2) is 7.82. The number of nitrogens with zero attached hydrogens (tertiary/aromatic N) is 1. The van der Waals surface area contributed by atoms with Crippen LogP contribution in [-0.4, -0.2) is 54.9 Å². The molecule has 3 N–H and O–H groups in total. The molecule has 2 unspecified atom stereocenters. The van der Waals surface area contributed by atoms with Gasteiger partial charge in [0.05, 0.1) is 6.61 Å². The molecule has 1 aliphatic rings. The van der Waals surface area contributed by atoms with Crippen LogP contribution in [0.4, 0.5) is 0 Å². The number of carboxylic acid groups (broad SMARTS) is 1. The Hall–Kier alpha value is -0.650. The van der Waals surface area contributed by atoms with Gasteiger partial charge >= 0.3 is 5.97 Å². The van der Waals surface area contributed by atoms with Crippen molar-refractivity contribution in [1.29, 1.82) is 0 Å². The number of aliphatic carboxylic acids is 1. The van der Waals surface area contributed by atoms with Crippen LogP contribution in [0.5, 0.6) is 0 Å². The summed E-state index contributed by atoms with van der Waals surface area (Å²) in [5.74, 6) is -0.261. The van der Waals surface area contributed by atoms with Crippen molar-refractivity contribution in [3.05, 3.63) is 0 Å². The van der Waals surface area contributed by atoms with Gasteiger partial charge in [-0.05, 0) is 58.0 Å². The highest BCUT2D eigenvalue weighted by Gasteiger charge is 2.27. The third-order valence-corrected chi connectivity index (χ3v) is 3.91. The maximum Gasteiger partial charge on any atom is 0.323 e. The number of hydrogen-bond donors (Lipinski definition) is 2. The van der Waals surface area contributed by atoms with Gasteiger partial charge in [0, 0.05) is 13.7 Å². The van der Waals surface area contributed by atoms with E-state index in [1.54, 1.807) is 14.0 Å². The molecule has 5 nitrogen and oxygen atoms in total. The summed E-state index contributed by atoms with van der Waals surface area (Å²) in [7, 11) is 1.76. The van der Waals surface area contributed by atoms with Crippen molar-refractivity contribution in [3.63, 3.8) is 0 Å². The lowest BCUT2D eigenvalue weighted by molar-refractivity contribution is -0.142. The molecule has 0 aromatic carbocycles. The van der Waals surface area contributed by atoms with Crippen LogP contribution < -0.4 is 5.73 Å².